The maximum Gasteiger partial charge on any atom is 0.237 e. The van der Waals surface area contributed by atoms with Gasteiger partial charge in [-0.1, -0.05) is 24.6 Å². The summed E-state index contributed by atoms with van der Waals surface area (Å²) in [7, 11) is 0. The summed E-state index contributed by atoms with van der Waals surface area (Å²) in [6.07, 6.45) is 3.27. The van der Waals surface area contributed by atoms with Gasteiger partial charge >= 0.3 is 0 Å². The summed E-state index contributed by atoms with van der Waals surface area (Å²) < 4.78 is 0. The molecular formula is C16H24N2O. The Morgan fingerprint density at radius 2 is 2.16 bits per heavy atom. The summed E-state index contributed by atoms with van der Waals surface area (Å²) in [5.74, 6) is 0.133. The SMILES string of the molecule is Cc1cccc(C(C)NC(=O)C2CCCCN2)c1C. The van der Waals surface area contributed by atoms with Crippen molar-refractivity contribution in [2.75, 3.05) is 6.54 Å². The molecule has 104 valence electrons. The third kappa shape index (κ3) is 3.35. The van der Waals surface area contributed by atoms with Gasteiger partial charge in [-0.3, -0.25) is 4.79 Å². The van der Waals surface area contributed by atoms with Crippen LogP contribution in [0.5, 0.6) is 0 Å². The number of aryl methyl sites for hydroxylation is 1. The molecule has 0 aromatic heterocycles. The van der Waals surface area contributed by atoms with Crippen LogP contribution in [0.3, 0.4) is 0 Å². The van der Waals surface area contributed by atoms with Crippen LogP contribution < -0.4 is 10.6 Å². The van der Waals surface area contributed by atoms with Gasteiger partial charge in [-0.25, -0.2) is 0 Å². The fourth-order valence-electron chi connectivity index (χ4n) is 2.71. The second-order valence-corrected chi connectivity index (χ2v) is 5.52. The van der Waals surface area contributed by atoms with E-state index in [-0.39, 0.29) is 18.0 Å². The van der Waals surface area contributed by atoms with Gasteiger partial charge in [0.05, 0.1) is 12.1 Å². The van der Waals surface area contributed by atoms with Gasteiger partial charge in [-0.05, 0) is 56.8 Å². The molecule has 1 aliphatic rings. The van der Waals surface area contributed by atoms with E-state index in [9.17, 15) is 4.79 Å². The molecule has 0 bridgehead atoms. The highest BCUT2D eigenvalue weighted by molar-refractivity contribution is 5.82. The minimum absolute atomic E-state index is 0.0127. The van der Waals surface area contributed by atoms with Crippen LogP contribution >= 0.6 is 0 Å². The van der Waals surface area contributed by atoms with Crippen molar-refractivity contribution in [2.24, 2.45) is 0 Å². The monoisotopic (exact) mass is 260 g/mol. The summed E-state index contributed by atoms with van der Waals surface area (Å²) in [6, 6.07) is 6.31. The highest BCUT2D eigenvalue weighted by Crippen LogP contribution is 2.20. The Balaban J connectivity index is 2.02. The van der Waals surface area contributed by atoms with Crippen LogP contribution in [0.2, 0.25) is 0 Å². The van der Waals surface area contributed by atoms with E-state index in [2.05, 4.69) is 49.6 Å². The van der Waals surface area contributed by atoms with Crippen molar-refractivity contribution in [1.29, 1.82) is 0 Å². The zero-order valence-electron chi connectivity index (χ0n) is 12.1. The normalized spacial score (nSPS) is 20.9. The second-order valence-electron chi connectivity index (χ2n) is 5.52. The average Bonchev–Trinajstić information content (AvgIpc) is 2.42. The van der Waals surface area contributed by atoms with E-state index in [1.54, 1.807) is 0 Å². The van der Waals surface area contributed by atoms with Crippen molar-refractivity contribution in [3.63, 3.8) is 0 Å². The maximum atomic E-state index is 12.2. The molecule has 0 spiro atoms. The summed E-state index contributed by atoms with van der Waals surface area (Å²) >= 11 is 0. The van der Waals surface area contributed by atoms with Gasteiger partial charge in [0.1, 0.15) is 0 Å². The zero-order chi connectivity index (χ0) is 13.8. The molecule has 19 heavy (non-hydrogen) atoms. The zero-order valence-corrected chi connectivity index (χ0v) is 12.1. The first kappa shape index (κ1) is 14.1. The van der Waals surface area contributed by atoms with Crippen molar-refractivity contribution < 1.29 is 4.79 Å². The van der Waals surface area contributed by atoms with E-state index in [1.807, 2.05) is 0 Å². The third-order valence-corrected chi connectivity index (χ3v) is 4.10. The molecule has 1 aliphatic heterocycles. The van der Waals surface area contributed by atoms with E-state index in [0.29, 0.717) is 0 Å². The number of carbonyl (C=O) groups excluding carboxylic acids is 1. The van der Waals surface area contributed by atoms with Crippen LogP contribution in [0.4, 0.5) is 0 Å². The van der Waals surface area contributed by atoms with Crippen LogP contribution in [0, 0.1) is 13.8 Å². The standard InChI is InChI=1S/C16H24N2O/c1-11-7-6-8-14(12(11)2)13(3)18-16(19)15-9-4-5-10-17-15/h6-8,13,15,17H,4-5,9-10H2,1-3H3,(H,18,19). The predicted octanol–water partition coefficient (Wildman–Crippen LogP) is 2.62. The van der Waals surface area contributed by atoms with Gasteiger partial charge in [0, 0.05) is 0 Å². The van der Waals surface area contributed by atoms with E-state index in [0.717, 1.165) is 19.4 Å². The van der Waals surface area contributed by atoms with E-state index in [1.165, 1.54) is 23.1 Å². The molecule has 2 N–H and O–H groups in total. The Morgan fingerprint density at radius 3 is 2.84 bits per heavy atom. The molecular weight excluding hydrogens is 236 g/mol. The Hall–Kier alpha value is -1.35. The van der Waals surface area contributed by atoms with Crippen LogP contribution in [0.15, 0.2) is 18.2 Å². The van der Waals surface area contributed by atoms with Gasteiger partial charge < -0.3 is 10.6 Å². The van der Waals surface area contributed by atoms with Crippen LogP contribution in [0.25, 0.3) is 0 Å². The molecule has 0 aliphatic carbocycles. The number of hydrogen-bond donors (Lipinski definition) is 2. The summed E-state index contributed by atoms with van der Waals surface area (Å²) in [5, 5.41) is 6.42. The fourth-order valence-corrected chi connectivity index (χ4v) is 2.71. The molecule has 2 unspecified atom stereocenters. The smallest absolute Gasteiger partial charge is 0.237 e. The third-order valence-electron chi connectivity index (χ3n) is 4.10. The lowest BCUT2D eigenvalue weighted by Crippen LogP contribution is -2.47. The number of nitrogens with one attached hydrogen (secondary N) is 2. The minimum atomic E-state index is -0.0127. The molecule has 2 rings (SSSR count). The van der Waals surface area contributed by atoms with Crippen molar-refractivity contribution in [1.82, 2.24) is 10.6 Å². The lowest BCUT2D eigenvalue weighted by molar-refractivity contribution is -0.124. The topological polar surface area (TPSA) is 41.1 Å². The number of carbonyl (C=O) groups is 1. The fraction of sp³-hybridized carbons (Fsp3) is 0.562. The molecule has 3 nitrogen and oxygen atoms in total. The molecule has 1 aromatic carbocycles. The molecule has 3 heteroatoms. The Bertz CT molecular complexity index is 450. The van der Waals surface area contributed by atoms with Gasteiger partial charge in [-0.15, -0.1) is 0 Å². The summed E-state index contributed by atoms with van der Waals surface area (Å²) in [6.45, 7) is 7.24. The Labute approximate surface area is 115 Å². The van der Waals surface area contributed by atoms with Crippen molar-refractivity contribution in [3.8, 4) is 0 Å². The first-order valence-electron chi connectivity index (χ1n) is 7.19. The minimum Gasteiger partial charge on any atom is -0.348 e. The second kappa shape index (κ2) is 6.20. The van der Waals surface area contributed by atoms with Gasteiger partial charge in [-0.2, -0.15) is 0 Å². The molecule has 2 atom stereocenters. The number of rotatable bonds is 3. The Kier molecular flexibility index (Phi) is 4.59. The Morgan fingerprint density at radius 1 is 1.37 bits per heavy atom. The first-order valence-corrected chi connectivity index (χ1v) is 7.19. The lowest BCUT2D eigenvalue weighted by atomic mass is 9.97. The van der Waals surface area contributed by atoms with Gasteiger partial charge in [0.25, 0.3) is 0 Å². The van der Waals surface area contributed by atoms with Crippen LogP contribution in [-0.4, -0.2) is 18.5 Å². The quantitative estimate of drug-likeness (QED) is 0.877. The molecule has 0 saturated carbocycles. The highest BCUT2D eigenvalue weighted by Gasteiger charge is 2.22. The van der Waals surface area contributed by atoms with E-state index < -0.39 is 0 Å². The largest absolute Gasteiger partial charge is 0.348 e. The predicted molar refractivity (Wildman–Crippen MR) is 78.1 cm³/mol. The van der Waals surface area contributed by atoms with Crippen LogP contribution in [-0.2, 0) is 4.79 Å². The highest BCUT2D eigenvalue weighted by atomic mass is 16.2. The van der Waals surface area contributed by atoms with Crippen molar-refractivity contribution >= 4 is 5.91 Å². The lowest BCUT2D eigenvalue weighted by Gasteiger charge is -2.25. The first-order chi connectivity index (χ1) is 9.09. The number of piperidine rings is 1. The van der Waals surface area contributed by atoms with Gasteiger partial charge in [0.2, 0.25) is 5.91 Å². The molecule has 1 heterocycles. The molecule has 0 radical (unpaired) electrons. The van der Waals surface area contributed by atoms with Crippen molar-refractivity contribution in [3.05, 3.63) is 34.9 Å². The van der Waals surface area contributed by atoms with Gasteiger partial charge in [0.15, 0.2) is 0 Å². The summed E-state index contributed by atoms with van der Waals surface area (Å²) in [4.78, 5) is 12.2. The van der Waals surface area contributed by atoms with Crippen molar-refractivity contribution in [2.45, 2.75) is 52.1 Å². The molecule has 1 fully saturated rings. The summed E-state index contributed by atoms with van der Waals surface area (Å²) in [5.41, 5.74) is 3.76. The maximum absolute atomic E-state index is 12.2. The number of hydrogen-bond acceptors (Lipinski definition) is 2. The van der Waals surface area contributed by atoms with Crippen LogP contribution in [0.1, 0.15) is 48.9 Å². The molecule has 1 aromatic rings. The number of benzene rings is 1. The molecule has 1 amide bonds. The number of amides is 1. The van der Waals surface area contributed by atoms with E-state index >= 15 is 0 Å². The molecule has 1 saturated heterocycles. The average molecular weight is 260 g/mol. The van der Waals surface area contributed by atoms with E-state index in [4.69, 9.17) is 0 Å².